The number of ether oxygens (including phenoxy) is 1. The van der Waals surface area contributed by atoms with Crippen molar-refractivity contribution >= 4 is 28.7 Å². The van der Waals surface area contributed by atoms with E-state index in [0.29, 0.717) is 24.3 Å². The van der Waals surface area contributed by atoms with Crippen LogP contribution in [0.3, 0.4) is 0 Å². The zero-order chi connectivity index (χ0) is 18.7. The summed E-state index contributed by atoms with van der Waals surface area (Å²) in [4.78, 5) is 17.1. The average molecular weight is 375 g/mol. The molecule has 0 bridgehead atoms. The maximum absolute atomic E-state index is 6.10. The molecule has 0 atom stereocenters. The van der Waals surface area contributed by atoms with Crippen molar-refractivity contribution in [1.29, 1.82) is 0 Å². The lowest BCUT2D eigenvalue weighted by Gasteiger charge is -2.15. The largest absolute Gasteiger partial charge is 0.493 e. The molecule has 8 heteroatoms. The Morgan fingerprint density at radius 2 is 2.00 bits per heavy atom. The first-order valence-corrected chi connectivity index (χ1v) is 9.10. The van der Waals surface area contributed by atoms with Crippen LogP contribution in [0.25, 0.3) is 11.2 Å². The number of hydrogen-bond donors (Lipinski definition) is 1. The molecule has 138 valence electrons. The Hall–Kier alpha value is -2.41. The maximum Gasteiger partial charge on any atom is 0.223 e. The van der Waals surface area contributed by atoms with Gasteiger partial charge in [0.1, 0.15) is 11.3 Å². The van der Waals surface area contributed by atoms with Gasteiger partial charge in [0, 0.05) is 17.3 Å². The second-order valence-corrected chi connectivity index (χ2v) is 6.67. The fourth-order valence-electron chi connectivity index (χ4n) is 2.87. The van der Waals surface area contributed by atoms with Crippen LogP contribution in [-0.4, -0.2) is 31.1 Å². The van der Waals surface area contributed by atoms with Gasteiger partial charge in [-0.15, -0.1) is 0 Å². The number of aromatic nitrogens is 5. The number of halogens is 1. The summed E-state index contributed by atoms with van der Waals surface area (Å²) in [5, 5.41) is 0.250. The van der Waals surface area contributed by atoms with Crippen LogP contribution in [0.1, 0.15) is 43.0 Å². The van der Waals surface area contributed by atoms with Crippen LogP contribution < -0.4 is 10.5 Å². The lowest BCUT2D eigenvalue weighted by Crippen LogP contribution is -2.08. The standard InChI is InChI=1S/C18H23ClN6O/c1-4-5-6-7-26-15-11(2)8-21-13(12(15)3)9-25-10-22-14-16(19)23-18(20)24-17(14)25/h8,10H,4-7,9H2,1-3H3,(H2,20,23,24). The van der Waals surface area contributed by atoms with Gasteiger partial charge in [0.25, 0.3) is 0 Å². The Balaban J connectivity index is 1.88. The number of unbranched alkanes of at least 4 members (excludes halogenated alkanes) is 2. The second-order valence-electron chi connectivity index (χ2n) is 6.31. The number of rotatable bonds is 7. The van der Waals surface area contributed by atoms with Crippen molar-refractivity contribution in [2.75, 3.05) is 12.3 Å². The molecule has 0 saturated carbocycles. The zero-order valence-corrected chi connectivity index (χ0v) is 16.0. The van der Waals surface area contributed by atoms with Crippen LogP contribution in [0, 0.1) is 13.8 Å². The van der Waals surface area contributed by atoms with Crippen molar-refractivity contribution in [1.82, 2.24) is 24.5 Å². The molecule has 0 unspecified atom stereocenters. The van der Waals surface area contributed by atoms with E-state index in [1.807, 2.05) is 24.6 Å². The molecule has 2 N–H and O–H groups in total. The molecule has 0 aliphatic rings. The lowest BCUT2D eigenvalue weighted by atomic mass is 10.1. The topological polar surface area (TPSA) is 91.7 Å². The summed E-state index contributed by atoms with van der Waals surface area (Å²) < 4.78 is 7.89. The number of hydrogen-bond acceptors (Lipinski definition) is 6. The minimum absolute atomic E-state index is 0.123. The summed E-state index contributed by atoms with van der Waals surface area (Å²) in [6.07, 6.45) is 6.90. The van der Waals surface area contributed by atoms with Crippen LogP contribution in [0.4, 0.5) is 5.95 Å². The van der Waals surface area contributed by atoms with Crippen molar-refractivity contribution in [3.05, 3.63) is 34.5 Å². The molecular weight excluding hydrogens is 352 g/mol. The average Bonchev–Trinajstić information content (AvgIpc) is 3.00. The lowest BCUT2D eigenvalue weighted by molar-refractivity contribution is 0.301. The molecule has 3 aromatic heterocycles. The first kappa shape index (κ1) is 18.4. The summed E-state index contributed by atoms with van der Waals surface area (Å²) in [5.41, 5.74) is 9.79. The van der Waals surface area contributed by atoms with Gasteiger partial charge in [-0.25, -0.2) is 4.98 Å². The van der Waals surface area contributed by atoms with E-state index in [2.05, 4.69) is 26.9 Å². The van der Waals surface area contributed by atoms with Crippen LogP contribution >= 0.6 is 11.6 Å². The third-order valence-electron chi connectivity index (χ3n) is 4.30. The van der Waals surface area contributed by atoms with Gasteiger partial charge in [-0.05, 0) is 20.3 Å². The van der Waals surface area contributed by atoms with E-state index in [1.54, 1.807) is 6.33 Å². The highest BCUT2D eigenvalue weighted by molar-refractivity contribution is 6.33. The van der Waals surface area contributed by atoms with Crippen molar-refractivity contribution in [2.24, 2.45) is 0 Å². The third kappa shape index (κ3) is 3.72. The summed E-state index contributed by atoms with van der Waals surface area (Å²) in [5.74, 6) is 1.03. The number of nitrogen functional groups attached to an aromatic ring is 1. The van der Waals surface area contributed by atoms with E-state index in [9.17, 15) is 0 Å². The molecule has 0 fully saturated rings. The molecule has 3 heterocycles. The first-order valence-electron chi connectivity index (χ1n) is 8.73. The van der Waals surface area contributed by atoms with Crippen molar-refractivity contribution in [3.8, 4) is 5.75 Å². The zero-order valence-electron chi connectivity index (χ0n) is 15.3. The van der Waals surface area contributed by atoms with Gasteiger partial charge in [-0.1, -0.05) is 31.4 Å². The number of fused-ring (bicyclic) bond motifs is 1. The van der Waals surface area contributed by atoms with E-state index in [0.717, 1.165) is 29.0 Å². The minimum Gasteiger partial charge on any atom is -0.493 e. The molecular formula is C18H23ClN6O. The number of nitrogens with two attached hydrogens (primary N) is 1. The Kier molecular flexibility index (Phi) is 5.56. The molecule has 3 aromatic rings. The summed E-state index contributed by atoms with van der Waals surface area (Å²) in [6.45, 7) is 7.44. The molecule has 0 amide bonds. The van der Waals surface area contributed by atoms with E-state index in [4.69, 9.17) is 22.1 Å². The van der Waals surface area contributed by atoms with E-state index in [-0.39, 0.29) is 11.1 Å². The predicted molar refractivity (Wildman–Crippen MR) is 103 cm³/mol. The predicted octanol–water partition coefficient (Wildman–Crippen LogP) is 3.69. The molecule has 3 rings (SSSR count). The highest BCUT2D eigenvalue weighted by atomic mass is 35.5. The third-order valence-corrected chi connectivity index (χ3v) is 4.56. The number of nitrogens with zero attached hydrogens (tertiary/aromatic N) is 5. The smallest absolute Gasteiger partial charge is 0.223 e. The number of imidazole rings is 1. The van der Waals surface area contributed by atoms with E-state index in [1.165, 1.54) is 12.8 Å². The van der Waals surface area contributed by atoms with Gasteiger partial charge in [0.2, 0.25) is 5.95 Å². The number of aryl methyl sites for hydroxylation is 1. The normalized spacial score (nSPS) is 11.2. The fraction of sp³-hybridized carbons (Fsp3) is 0.444. The summed E-state index contributed by atoms with van der Waals surface area (Å²) >= 11 is 6.10. The highest BCUT2D eigenvalue weighted by Crippen LogP contribution is 2.26. The minimum atomic E-state index is 0.123. The van der Waals surface area contributed by atoms with Crippen LogP contribution in [0.15, 0.2) is 12.5 Å². The number of anilines is 1. The van der Waals surface area contributed by atoms with Gasteiger partial charge >= 0.3 is 0 Å². The van der Waals surface area contributed by atoms with Crippen LogP contribution in [-0.2, 0) is 6.54 Å². The Morgan fingerprint density at radius 1 is 1.19 bits per heavy atom. The molecule has 26 heavy (non-hydrogen) atoms. The molecule has 0 aromatic carbocycles. The molecule has 0 radical (unpaired) electrons. The van der Waals surface area contributed by atoms with Crippen LogP contribution in [0.5, 0.6) is 5.75 Å². The Morgan fingerprint density at radius 3 is 2.77 bits per heavy atom. The molecule has 0 saturated heterocycles. The summed E-state index contributed by atoms with van der Waals surface area (Å²) in [7, 11) is 0. The van der Waals surface area contributed by atoms with Gasteiger partial charge in [0.05, 0.1) is 25.2 Å². The van der Waals surface area contributed by atoms with Gasteiger partial charge in [-0.3, -0.25) is 4.98 Å². The molecule has 0 aliphatic heterocycles. The van der Waals surface area contributed by atoms with Gasteiger partial charge < -0.3 is 15.0 Å². The Bertz CT molecular complexity index is 924. The monoisotopic (exact) mass is 374 g/mol. The van der Waals surface area contributed by atoms with E-state index < -0.39 is 0 Å². The first-order chi connectivity index (χ1) is 12.5. The van der Waals surface area contributed by atoms with Gasteiger partial charge in [-0.2, -0.15) is 9.97 Å². The Labute approximate surface area is 157 Å². The van der Waals surface area contributed by atoms with Crippen molar-refractivity contribution in [2.45, 2.75) is 46.6 Å². The SMILES string of the molecule is CCCCCOc1c(C)cnc(Cn2cnc3c(Cl)nc(N)nc32)c1C. The quantitative estimate of drug-likeness (QED) is 0.501. The second kappa shape index (κ2) is 7.86. The van der Waals surface area contributed by atoms with Crippen molar-refractivity contribution in [3.63, 3.8) is 0 Å². The maximum atomic E-state index is 6.10. The fourth-order valence-corrected chi connectivity index (χ4v) is 3.09. The highest BCUT2D eigenvalue weighted by Gasteiger charge is 2.15. The molecule has 0 aliphatic carbocycles. The molecule has 7 nitrogen and oxygen atoms in total. The number of pyridine rings is 1. The summed E-state index contributed by atoms with van der Waals surface area (Å²) in [6, 6.07) is 0. The molecule has 0 spiro atoms. The van der Waals surface area contributed by atoms with E-state index >= 15 is 0 Å². The van der Waals surface area contributed by atoms with Crippen molar-refractivity contribution < 1.29 is 4.74 Å². The van der Waals surface area contributed by atoms with Crippen LogP contribution in [0.2, 0.25) is 5.15 Å². The van der Waals surface area contributed by atoms with Gasteiger partial charge in [0.15, 0.2) is 10.8 Å².